The van der Waals surface area contributed by atoms with Gasteiger partial charge in [0, 0.05) is 30.3 Å². The van der Waals surface area contributed by atoms with E-state index in [9.17, 15) is 9.59 Å². The fraction of sp³-hybridized carbons (Fsp3) is 0.316. The molecule has 0 aliphatic carbocycles. The Morgan fingerprint density at radius 1 is 1.32 bits per heavy atom. The summed E-state index contributed by atoms with van der Waals surface area (Å²) in [6.45, 7) is 1.50. The van der Waals surface area contributed by atoms with Gasteiger partial charge in [-0.15, -0.1) is 0 Å². The van der Waals surface area contributed by atoms with Crippen molar-refractivity contribution in [2.45, 2.75) is 25.6 Å². The summed E-state index contributed by atoms with van der Waals surface area (Å²) in [4.78, 5) is 34.0. The standard InChI is InChI=1S/C19H18FN5O3/c1-13-9-15(26)25(12-21-13)10-16(27)24-8-7-19(20,11-24)18-22-17(23-28-18)14-5-3-2-4-6-14/h2-6,9,12H,7-8,10-11H2,1H3. The molecule has 3 heterocycles. The van der Waals surface area contributed by atoms with E-state index in [0.717, 1.165) is 5.56 Å². The lowest BCUT2D eigenvalue weighted by Gasteiger charge is -2.18. The van der Waals surface area contributed by atoms with Gasteiger partial charge in [-0.2, -0.15) is 4.98 Å². The van der Waals surface area contributed by atoms with E-state index in [0.29, 0.717) is 11.5 Å². The molecule has 28 heavy (non-hydrogen) atoms. The number of hydrogen-bond acceptors (Lipinski definition) is 6. The summed E-state index contributed by atoms with van der Waals surface area (Å²) < 4.78 is 21.7. The highest BCUT2D eigenvalue weighted by Crippen LogP contribution is 2.36. The summed E-state index contributed by atoms with van der Waals surface area (Å²) >= 11 is 0. The Kier molecular flexibility index (Phi) is 4.50. The number of rotatable bonds is 4. The normalized spacial score (nSPS) is 19.1. The van der Waals surface area contributed by atoms with Crippen LogP contribution in [-0.2, 0) is 17.0 Å². The molecule has 0 bridgehead atoms. The zero-order chi connectivity index (χ0) is 19.7. The SMILES string of the molecule is Cc1cc(=O)n(CC(=O)N2CCC(F)(c3nc(-c4ccccc4)no3)C2)cn1. The zero-order valence-electron chi connectivity index (χ0n) is 15.2. The molecule has 1 aliphatic heterocycles. The highest BCUT2D eigenvalue weighted by molar-refractivity contribution is 5.76. The van der Waals surface area contributed by atoms with Gasteiger partial charge in [0.1, 0.15) is 6.54 Å². The average Bonchev–Trinajstić information content (AvgIpc) is 3.33. The number of alkyl halides is 1. The minimum atomic E-state index is -1.91. The van der Waals surface area contributed by atoms with Gasteiger partial charge in [0.25, 0.3) is 11.4 Å². The molecule has 0 radical (unpaired) electrons. The molecular weight excluding hydrogens is 365 g/mol. The first kappa shape index (κ1) is 18.0. The number of benzene rings is 1. The third-order valence-electron chi connectivity index (χ3n) is 4.74. The third-order valence-corrected chi connectivity index (χ3v) is 4.74. The molecule has 3 aromatic rings. The van der Waals surface area contributed by atoms with E-state index in [4.69, 9.17) is 4.52 Å². The molecule has 1 saturated heterocycles. The van der Waals surface area contributed by atoms with E-state index in [1.54, 1.807) is 19.1 Å². The Labute approximate surface area is 159 Å². The predicted molar refractivity (Wildman–Crippen MR) is 97.0 cm³/mol. The van der Waals surface area contributed by atoms with E-state index in [2.05, 4.69) is 15.1 Å². The lowest BCUT2D eigenvalue weighted by atomic mass is 10.1. The van der Waals surface area contributed by atoms with Crippen molar-refractivity contribution in [3.05, 3.63) is 64.7 Å². The lowest BCUT2D eigenvalue weighted by molar-refractivity contribution is -0.131. The van der Waals surface area contributed by atoms with Gasteiger partial charge in [0.15, 0.2) is 0 Å². The van der Waals surface area contributed by atoms with Crippen LogP contribution < -0.4 is 5.56 Å². The summed E-state index contributed by atoms with van der Waals surface area (Å²) in [7, 11) is 0. The Morgan fingerprint density at radius 2 is 2.11 bits per heavy atom. The van der Waals surface area contributed by atoms with Crippen molar-refractivity contribution in [1.82, 2.24) is 24.6 Å². The van der Waals surface area contributed by atoms with Crippen molar-refractivity contribution in [3.8, 4) is 11.4 Å². The van der Waals surface area contributed by atoms with Crippen molar-refractivity contribution in [1.29, 1.82) is 0 Å². The zero-order valence-corrected chi connectivity index (χ0v) is 15.2. The fourth-order valence-electron chi connectivity index (χ4n) is 3.15. The van der Waals surface area contributed by atoms with Crippen LogP contribution in [0.1, 0.15) is 18.0 Å². The number of aryl methyl sites for hydroxylation is 1. The van der Waals surface area contributed by atoms with Crippen LogP contribution in [0.25, 0.3) is 11.4 Å². The highest BCUT2D eigenvalue weighted by Gasteiger charge is 2.46. The van der Waals surface area contributed by atoms with E-state index in [1.165, 1.54) is 21.9 Å². The van der Waals surface area contributed by atoms with Crippen LogP contribution >= 0.6 is 0 Å². The average molecular weight is 383 g/mol. The van der Waals surface area contributed by atoms with Crippen molar-refractivity contribution < 1.29 is 13.7 Å². The summed E-state index contributed by atoms with van der Waals surface area (Å²) in [5.41, 5.74) is -0.941. The Hall–Kier alpha value is -3.36. The molecule has 1 aliphatic rings. The molecule has 1 aromatic carbocycles. The largest absolute Gasteiger partial charge is 0.337 e. The van der Waals surface area contributed by atoms with Crippen molar-refractivity contribution in [2.24, 2.45) is 0 Å². The molecule has 9 heteroatoms. The Bertz CT molecular complexity index is 1060. The van der Waals surface area contributed by atoms with E-state index >= 15 is 4.39 Å². The van der Waals surface area contributed by atoms with Crippen LogP contribution in [0.4, 0.5) is 4.39 Å². The summed E-state index contributed by atoms with van der Waals surface area (Å²) in [6, 6.07) is 10.5. The van der Waals surface area contributed by atoms with E-state index in [-0.39, 0.29) is 43.4 Å². The number of likely N-dealkylation sites (tertiary alicyclic amines) is 1. The molecule has 1 atom stereocenters. The van der Waals surface area contributed by atoms with Crippen LogP contribution in [0.5, 0.6) is 0 Å². The van der Waals surface area contributed by atoms with E-state index in [1.807, 2.05) is 18.2 Å². The van der Waals surface area contributed by atoms with Crippen LogP contribution in [0.15, 0.2) is 52.0 Å². The number of amides is 1. The van der Waals surface area contributed by atoms with E-state index < -0.39 is 5.67 Å². The minimum Gasteiger partial charge on any atom is -0.337 e. The van der Waals surface area contributed by atoms with Gasteiger partial charge in [-0.3, -0.25) is 14.2 Å². The summed E-state index contributed by atoms with van der Waals surface area (Å²) in [5.74, 6) is -0.208. The number of carbonyl (C=O) groups excluding carboxylic acids is 1. The summed E-state index contributed by atoms with van der Waals surface area (Å²) in [5, 5.41) is 3.85. The Morgan fingerprint density at radius 3 is 2.86 bits per heavy atom. The second-order valence-corrected chi connectivity index (χ2v) is 6.82. The van der Waals surface area contributed by atoms with Crippen molar-refractivity contribution in [3.63, 3.8) is 0 Å². The molecule has 1 amide bonds. The molecule has 1 unspecified atom stereocenters. The first-order valence-electron chi connectivity index (χ1n) is 8.84. The van der Waals surface area contributed by atoms with Gasteiger partial charge in [-0.05, 0) is 6.92 Å². The molecule has 144 valence electrons. The predicted octanol–water partition coefficient (Wildman–Crippen LogP) is 1.70. The lowest BCUT2D eigenvalue weighted by Crippen LogP contribution is -2.37. The van der Waals surface area contributed by atoms with Gasteiger partial charge in [0.05, 0.1) is 12.9 Å². The van der Waals surface area contributed by atoms with Crippen LogP contribution in [0, 0.1) is 6.92 Å². The van der Waals surface area contributed by atoms with Crippen LogP contribution in [0.2, 0.25) is 0 Å². The number of halogens is 1. The first-order valence-corrected chi connectivity index (χ1v) is 8.84. The third kappa shape index (κ3) is 3.42. The molecule has 0 N–H and O–H groups in total. The summed E-state index contributed by atoms with van der Waals surface area (Å²) in [6.07, 6.45) is 1.37. The van der Waals surface area contributed by atoms with Gasteiger partial charge < -0.3 is 9.42 Å². The topological polar surface area (TPSA) is 94.1 Å². The number of aromatic nitrogens is 4. The maximum atomic E-state index is 15.4. The van der Waals surface area contributed by atoms with Crippen molar-refractivity contribution >= 4 is 5.91 Å². The maximum Gasteiger partial charge on any atom is 0.266 e. The Balaban J connectivity index is 1.47. The fourth-order valence-corrected chi connectivity index (χ4v) is 3.15. The molecule has 4 rings (SSSR count). The molecule has 0 spiro atoms. The van der Waals surface area contributed by atoms with Crippen LogP contribution in [-0.4, -0.2) is 43.6 Å². The molecular formula is C19H18FN5O3. The second kappa shape index (κ2) is 6.99. The van der Waals surface area contributed by atoms with Crippen molar-refractivity contribution in [2.75, 3.05) is 13.1 Å². The maximum absolute atomic E-state index is 15.4. The minimum absolute atomic E-state index is 0.0518. The first-order chi connectivity index (χ1) is 13.4. The van der Waals surface area contributed by atoms with Gasteiger partial charge in [0.2, 0.25) is 17.4 Å². The molecule has 0 saturated carbocycles. The molecule has 1 fully saturated rings. The van der Waals surface area contributed by atoms with Gasteiger partial charge >= 0.3 is 0 Å². The van der Waals surface area contributed by atoms with Gasteiger partial charge in [-0.25, -0.2) is 9.37 Å². The van der Waals surface area contributed by atoms with Gasteiger partial charge in [-0.1, -0.05) is 35.5 Å². The van der Waals surface area contributed by atoms with Crippen LogP contribution in [0.3, 0.4) is 0 Å². The highest BCUT2D eigenvalue weighted by atomic mass is 19.1. The smallest absolute Gasteiger partial charge is 0.266 e. The number of hydrogen-bond donors (Lipinski definition) is 0. The number of carbonyl (C=O) groups is 1. The molecule has 8 nitrogen and oxygen atoms in total. The molecule has 2 aromatic heterocycles. The second-order valence-electron chi connectivity index (χ2n) is 6.82. The monoisotopic (exact) mass is 383 g/mol. The quantitative estimate of drug-likeness (QED) is 0.681. The number of nitrogens with zero attached hydrogens (tertiary/aromatic N) is 5.